The average Bonchev–Trinajstić information content (AvgIpc) is 2.79. The van der Waals surface area contributed by atoms with E-state index in [0.717, 1.165) is 30.8 Å². The lowest BCUT2D eigenvalue weighted by atomic mass is 9.72. The third-order valence-electron chi connectivity index (χ3n) is 4.74. The second-order valence-electron chi connectivity index (χ2n) is 6.84. The van der Waals surface area contributed by atoms with Gasteiger partial charge in [0.1, 0.15) is 0 Å². The molecule has 2 rings (SSSR count). The molecule has 0 spiro atoms. The summed E-state index contributed by atoms with van der Waals surface area (Å²) in [5, 5.41) is 6.00. The Morgan fingerprint density at radius 2 is 2.14 bits per heavy atom. The minimum Gasteiger partial charge on any atom is -0.314 e. The second-order valence-corrected chi connectivity index (χ2v) is 9.13. The fraction of sp³-hybridized carbons (Fsp3) is 0.765. The summed E-state index contributed by atoms with van der Waals surface area (Å²) >= 11 is 5.34. The molecule has 1 N–H and O–H groups in total. The van der Waals surface area contributed by atoms with Crippen LogP contribution < -0.4 is 5.32 Å². The number of rotatable bonds is 6. The van der Waals surface area contributed by atoms with E-state index < -0.39 is 0 Å². The number of hydrogen-bond acceptors (Lipinski definition) is 3. The van der Waals surface area contributed by atoms with Gasteiger partial charge in [-0.2, -0.15) is 0 Å². The third kappa shape index (κ3) is 5.05. The SMILES string of the molecule is CCNC1CC(C)CC(C)C1CN(C)Cc1csc(Br)c1. The molecule has 1 fully saturated rings. The van der Waals surface area contributed by atoms with E-state index in [-0.39, 0.29) is 0 Å². The van der Waals surface area contributed by atoms with E-state index in [4.69, 9.17) is 0 Å². The quantitative estimate of drug-likeness (QED) is 0.784. The Labute approximate surface area is 142 Å². The molecule has 0 radical (unpaired) electrons. The topological polar surface area (TPSA) is 15.3 Å². The summed E-state index contributed by atoms with van der Waals surface area (Å²) in [5.74, 6) is 2.45. The summed E-state index contributed by atoms with van der Waals surface area (Å²) < 4.78 is 1.23. The van der Waals surface area contributed by atoms with Gasteiger partial charge in [0, 0.05) is 19.1 Å². The van der Waals surface area contributed by atoms with Gasteiger partial charge in [0.2, 0.25) is 0 Å². The van der Waals surface area contributed by atoms with Crippen molar-refractivity contribution in [2.75, 3.05) is 20.1 Å². The molecular weight excluding hydrogens is 344 g/mol. The Morgan fingerprint density at radius 3 is 2.76 bits per heavy atom. The highest BCUT2D eigenvalue weighted by atomic mass is 79.9. The highest BCUT2D eigenvalue weighted by molar-refractivity contribution is 9.11. The van der Waals surface area contributed by atoms with Crippen LogP contribution in [-0.4, -0.2) is 31.1 Å². The molecule has 1 heterocycles. The molecule has 0 amide bonds. The monoisotopic (exact) mass is 372 g/mol. The van der Waals surface area contributed by atoms with Gasteiger partial charge in [0.05, 0.1) is 3.79 Å². The molecule has 4 heteroatoms. The zero-order valence-electron chi connectivity index (χ0n) is 13.7. The number of hydrogen-bond donors (Lipinski definition) is 1. The van der Waals surface area contributed by atoms with Crippen molar-refractivity contribution < 1.29 is 0 Å². The highest BCUT2D eigenvalue weighted by Gasteiger charge is 2.33. The summed E-state index contributed by atoms with van der Waals surface area (Å²) in [6.07, 6.45) is 2.71. The van der Waals surface area contributed by atoms with Crippen molar-refractivity contribution in [1.29, 1.82) is 0 Å². The first-order valence-corrected chi connectivity index (χ1v) is 9.81. The first-order valence-electron chi connectivity index (χ1n) is 8.14. The summed E-state index contributed by atoms with van der Waals surface area (Å²) in [4.78, 5) is 2.50. The van der Waals surface area contributed by atoms with Crippen molar-refractivity contribution in [3.05, 3.63) is 20.8 Å². The van der Waals surface area contributed by atoms with Gasteiger partial charge in [-0.3, -0.25) is 0 Å². The minimum absolute atomic E-state index is 0.686. The molecule has 0 bridgehead atoms. The predicted octanol–water partition coefficient (Wildman–Crippen LogP) is 4.60. The number of nitrogens with one attached hydrogen (secondary N) is 1. The number of halogens is 1. The minimum atomic E-state index is 0.686. The van der Waals surface area contributed by atoms with Crippen LogP contribution in [0.3, 0.4) is 0 Å². The van der Waals surface area contributed by atoms with Crippen LogP contribution in [0, 0.1) is 17.8 Å². The van der Waals surface area contributed by atoms with Crippen molar-refractivity contribution in [3.8, 4) is 0 Å². The van der Waals surface area contributed by atoms with E-state index in [1.54, 1.807) is 11.3 Å². The van der Waals surface area contributed by atoms with Crippen LogP contribution >= 0.6 is 27.3 Å². The molecule has 120 valence electrons. The van der Waals surface area contributed by atoms with Gasteiger partial charge >= 0.3 is 0 Å². The van der Waals surface area contributed by atoms with E-state index >= 15 is 0 Å². The highest BCUT2D eigenvalue weighted by Crippen LogP contribution is 2.34. The van der Waals surface area contributed by atoms with Gasteiger partial charge in [0.15, 0.2) is 0 Å². The number of nitrogens with zero attached hydrogens (tertiary/aromatic N) is 1. The Bertz CT molecular complexity index is 434. The maximum absolute atomic E-state index is 3.74. The van der Waals surface area contributed by atoms with Crippen LogP contribution in [-0.2, 0) is 6.54 Å². The van der Waals surface area contributed by atoms with Crippen molar-refractivity contribution in [2.24, 2.45) is 17.8 Å². The van der Waals surface area contributed by atoms with E-state index in [1.165, 1.54) is 28.7 Å². The van der Waals surface area contributed by atoms with Gasteiger partial charge in [-0.05, 0) is 77.1 Å². The van der Waals surface area contributed by atoms with Gasteiger partial charge in [0.25, 0.3) is 0 Å². The Morgan fingerprint density at radius 1 is 1.38 bits per heavy atom. The molecule has 4 atom stereocenters. The van der Waals surface area contributed by atoms with Crippen LogP contribution in [0.5, 0.6) is 0 Å². The normalized spacial score (nSPS) is 30.0. The van der Waals surface area contributed by atoms with Crippen LogP contribution in [0.15, 0.2) is 15.2 Å². The molecule has 1 saturated carbocycles. The van der Waals surface area contributed by atoms with E-state index in [0.29, 0.717) is 6.04 Å². The fourth-order valence-electron chi connectivity index (χ4n) is 3.88. The maximum Gasteiger partial charge on any atom is 0.0701 e. The van der Waals surface area contributed by atoms with Gasteiger partial charge in [-0.1, -0.05) is 20.8 Å². The van der Waals surface area contributed by atoms with E-state index in [1.807, 2.05) is 0 Å². The molecular formula is C17H29BrN2S. The van der Waals surface area contributed by atoms with Crippen LogP contribution in [0.1, 0.15) is 39.2 Å². The first-order chi connectivity index (χ1) is 9.99. The van der Waals surface area contributed by atoms with Crippen molar-refractivity contribution in [3.63, 3.8) is 0 Å². The van der Waals surface area contributed by atoms with Gasteiger partial charge < -0.3 is 10.2 Å². The second kappa shape index (κ2) is 8.09. The fourth-order valence-corrected chi connectivity index (χ4v) is 5.08. The molecule has 1 aromatic rings. The molecule has 1 aliphatic rings. The van der Waals surface area contributed by atoms with Crippen molar-refractivity contribution >= 4 is 27.3 Å². The van der Waals surface area contributed by atoms with Crippen LogP contribution in [0.25, 0.3) is 0 Å². The predicted molar refractivity (Wildman–Crippen MR) is 96.9 cm³/mol. The lowest BCUT2D eigenvalue weighted by molar-refractivity contribution is 0.110. The van der Waals surface area contributed by atoms with Crippen molar-refractivity contribution in [1.82, 2.24) is 10.2 Å². The standard InChI is InChI=1S/C17H29BrN2S/c1-5-19-16-7-12(2)6-13(3)15(16)10-20(4)9-14-8-17(18)21-11-14/h8,11-13,15-16,19H,5-7,9-10H2,1-4H3. The summed E-state index contributed by atoms with van der Waals surface area (Å²) in [6, 6.07) is 2.93. The largest absolute Gasteiger partial charge is 0.314 e. The summed E-state index contributed by atoms with van der Waals surface area (Å²) in [7, 11) is 2.26. The first kappa shape index (κ1) is 17.5. The third-order valence-corrected chi connectivity index (χ3v) is 6.29. The van der Waals surface area contributed by atoms with E-state index in [9.17, 15) is 0 Å². The number of thiophene rings is 1. The van der Waals surface area contributed by atoms with Crippen LogP contribution in [0.4, 0.5) is 0 Å². The molecule has 0 aliphatic heterocycles. The van der Waals surface area contributed by atoms with E-state index in [2.05, 4.69) is 65.4 Å². The Hall–Kier alpha value is 0.100. The summed E-state index contributed by atoms with van der Waals surface area (Å²) in [5.41, 5.74) is 1.42. The lowest BCUT2D eigenvalue weighted by Gasteiger charge is -2.42. The molecule has 4 unspecified atom stereocenters. The smallest absolute Gasteiger partial charge is 0.0701 e. The van der Waals surface area contributed by atoms with Gasteiger partial charge in [-0.15, -0.1) is 11.3 Å². The lowest BCUT2D eigenvalue weighted by Crippen LogP contribution is -2.48. The summed E-state index contributed by atoms with van der Waals surface area (Å²) in [6.45, 7) is 10.4. The Balaban J connectivity index is 1.94. The molecule has 0 aromatic carbocycles. The zero-order chi connectivity index (χ0) is 15.4. The molecule has 1 aromatic heterocycles. The molecule has 2 nitrogen and oxygen atoms in total. The molecule has 1 aliphatic carbocycles. The molecule has 0 saturated heterocycles. The van der Waals surface area contributed by atoms with Crippen LogP contribution in [0.2, 0.25) is 0 Å². The maximum atomic E-state index is 3.74. The molecule has 21 heavy (non-hydrogen) atoms. The Kier molecular flexibility index (Phi) is 6.73. The van der Waals surface area contributed by atoms with Gasteiger partial charge in [-0.25, -0.2) is 0 Å². The zero-order valence-corrected chi connectivity index (χ0v) is 16.1. The van der Waals surface area contributed by atoms with Crippen molar-refractivity contribution in [2.45, 2.75) is 46.2 Å². The average molecular weight is 373 g/mol.